The van der Waals surface area contributed by atoms with Gasteiger partial charge in [-0.25, -0.2) is 14.0 Å². The lowest BCUT2D eigenvalue weighted by Crippen LogP contribution is -2.43. The number of halogens is 1. The van der Waals surface area contributed by atoms with Gasteiger partial charge in [0.15, 0.2) is 12.9 Å². The monoisotopic (exact) mass is 558 g/mol. The molecule has 3 unspecified atom stereocenters. The van der Waals surface area contributed by atoms with Crippen molar-refractivity contribution in [2.75, 3.05) is 35.2 Å². The number of rotatable bonds is 8. The number of benzene rings is 2. The predicted octanol–water partition coefficient (Wildman–Crippen LogP) is 5.14. The Morgan fingerprint density at radius 3 is 2.45 bits per heavy atom. The Labute approximate surface area is 233 Å². The third-order valence-electron chi connectivity index (χ3n) is 6.25. The molecule has 0 amide bonds. The van der Waals surface area contributed by atoms with Crippen molar-refractivity contribution in [1.29, 1.82) is 0 Å². The Hall–Kier alpha value is -3.73. The molecule has 0 N–H and O–H groups in total. The Bertz CT molecular complexity index is 1200. The highest BCUT2D eigenvalue weighted by Crippen LogP contribution is 2.32. The van der Waals surface area contributed by atoms with Crippen LogP contribution in [0, 0.1) is 0 Å². The fourth-order valence-electron chi connectivity index (χ4n) is 4.20. The molecule has 10 heteroatoms. The first-order valence-corrected chi connectivity index (χ1v) is 12.7. The first-order chi connectivity index (χ1) is 19.3. The topological polar surface area (TPSA) is 98.8 Å². The summed E-state index contributed by atoms with van der Waals surface area (Å²) in [5.74, 6) is -1.48. The minimum absolute atomic E-state index is 0.000628. The molecule has 1 aliphatic heterocycles. The van der Waals surface area contributed by atoms with Gasteiger partial charge in [0.25, 0.3) is 0 Å². The van der Waals surface area contributed by atoms with Gasteiger partial charge in [-0.1, -0.05) is 30.4 Å². The normalized spacial score (nSPS) is 23.1. The van der Waals surface area contributed by atoms with Crippen LogP contribution in [-0.2, 0) is 23.7 Å². The van der Waals surface area contributed by atoms with Crippen molar-refractivity contribution in [3.8, 4) is 11.5 Å². The first-order valence-electron chi connectivity index (χ1n) is 12.7. The van der Waals surface area contributed by atoms with E-state index < -0.39 is 42.2 Å². The van der Waals surface area contributed by atoms with Gasteiger partial charge in [-0.3, -0.25) is 0 Å². The smallest absolute Gasteiger partial charge is 0.342 e. The van der Waals surface area contributed by atoms with Gasteiger partial charge in [-0.2, -0.15) is 0 Å². The Kier molecular flexibility index (Phi) is 11.7. The molecule has 40 heavy (non-hydrogen) atoms. The molecule has 4 atom stereocenters. The van der Waals surface area contributed by atoms with Crippen LogP contribution in [0.25, 0.3) is 6.08 Å². The number of fused-ring (bicyclic) bond motifs is 1. The van der Waals surface area contributed by atoms with Crippen molar-refractivity contribution in [1.82, 2.24) is 0 Å². The average Bonchev–Trinajstić information content (AvgIpc) is 2.97. The van der Waals surface area contributed by atoms with Gasteiger partial charge < -0.3 is 33.2 Å². The van der Waals surface area contributed by atoms with E-state index >= 15 is 4.39 Å². The van der Waals surface area contributed by atoms with Crippen molar-refractivity contribution >= 4 is 18.0 Å². The predicted molar refractivity (Wildman–Crippen MR) is 145 cm³/mol. The van der Waals surface area contributed by atoms with E-state index in [-0.39, 0.29) is 36.5 Å². The van der Waals surface area contributed by atoms with Gasteiger partial charge in [0.05, 0.1) is 18.8 Å². The summed E-state index contributed by atoms with van der Waals surface area (Å²) < 4.78 is 54.3. The summed E-state index contributed by atoms with van der Waals surface area (Å²) >= 11 is 0. The zero-order valence-corrected chi connectivity index (χ0v) is 23.3. The Balaban J connectivity index is 2.04. The number of cyclic esters (lactones) is 1. The molecule has 0 aliphatic carbocycles. The maximum absolute atomic E-state index is 15.7. The van der Waals surface area contributed by atoms with Crippen LogP contribution >= 0.6 is 0 Å². The van der Waals surface area contributed by atoms with E-state index in [1.807, 2.05) is 0 Å². The summed E-state index contributed by atoms with van der Waals surface area (Å²) in [4.78, 5) is 26.2. The summed E-state index contributed by atoms with van der Waals surface area (Å²) in [6.45, 7) is 1.52. The highest BCUT2D eigenvalue weighted by Gasteiger charge is 2.36. The molecule has 1 aliphatic rings. The average molecular weight is 559 g/mol. The van der Waals surface area contributed by atoms with Gasteiger partial charge in [0, 0.05) is 33.8 Å². The second-order valence-corrected chi connectivity index (χ2v) is 8.99. The third-order valence-corrected chi connectivity index (χ3v) is 6.25. The van der Waals surface area contributed by atoms with E-state index in [1.54, 1.807) is 61.5 Å². The zero-order chi connectivity index (χ0) is 29.1. The van der Waals surface area contributed by atoms with Crippen LogP contribution in [-0.4, -0.2) is 71.6 Å². The number of methoxy groups -OCH3 is 4. The number of carbonyl (C=O) groups is 2. The van der Waals surface area contributed by atoms with Crippen LogP contribution in [0.4, 0.5) is 4.39 Å². The molecule has 0 saturated heterocycles. The Morgan fingerprint density at radius 1 is 1.05 bits per heavy atom. The maximum atomic E-state index is 15.7. The standard InChI is InChI=1S/C30H35FO9/c1-19-14-15-23(31)27(40-29(32)20-10-7-6-8-11-20)28(37-5)24(36-4)13-9-12-21-16-22(35-3)17-25(38-18-34-2)26(21)30(33)39-19/h6-12,15-17,19,24,27-28H,13-14,18H2,1-5H3/b12-9?,23-15+/t19?,24-,27?,28?/m0/s1. The van der Waals surface area contributed by atoms with Gasteiger partial charge >= 0.3 is 11.9 Å². The molecule has 0 saturated carbocycles. The second kappa shape index (κ2) is 15.2. The van der Waals surface area contributed by atoms with E-state index in [0.717, 1.165) is 0 Å². The molecular weight excluding hydrogens is 523 g/mol. The largest absolute Gasteiger partial charge is 0.497 e. The first kappa shape index (κ1) is 30.8. The van der Waals surface area contributed by atoms with Crippen molar-refractivity contribution in [2.24, 2.45) is 0 Å². The second-order valence-electron chi connectivity index (χ2n) is 8.99. The molecule has 0 radical (unpaired) electrons. The fraction of sp³-hybridized carbons (Fsp3) is 0.400. The molecule has 216 valence electrons. The van der Waals surface area contributed by atoms with Crippen molar-refractivity contribution in [3.63, 3.8) is 0 Å². The SMILES string of the molecule is COCOc1cc(OC)cc2c1C(=O)OC(C)C/C=C(/F)C(OC(=O)c1ccccc1)C(OC)[C@@H](OC)CC=C2. The molecule has 3 rings (SSSR count). The van der Waals surface area contributed by atoms with Gasteiger partial charge in [0.1, 0.15) is 35.1 Å². The van der Waals surface area contributed by atoms with E-state index in [2.05, 4.69) is 0 Å². The Morgan fingerprint density at radius 2 is 1.80 bits per heavy atom. The van der Waals surface area contributed by atoms with Gasteiger partial charge in [0.2, 0.25) is 0 Å². The van der Waals surface area contributed by atoms with Crippen molar-refractivity contribution in [2.45, 2.75) is 44.2 Å². The van der Waals surface area contributed by atoms with E-state index in [4.69, 9.17) is 33.2 Å². The molecular formula is C30H35FO9. The van der Waals surface area contributed by atoms with Gasteiger partial charge in [-0.15, -0.1) is 0 Å². The highest BCUT2D eigenvalue weighted by atomic mass is 19.1. The summed E-state index contributed by atoms with van der Waals surface area (Å²) in [6, 6.07) is 11.5. The number of hydrogen-bond acceptors (Lipinski definition) is 9. The van der Waals surface area contributed by atoms with Crippen LogP contribution in [0.5, 0.6) is 11.5 Å². The zero-order valence-electron chi connectivity index (χ0n) is 23.3. The van der Waals surface area contributed by atoms with Crippen LogP contribution in [0.1, 0.15) is 46.0 Å². The molecule has 0 bridgehead atoms. The fourth-order valence-corrected chi connectivity index (χ4v) is 4.20. The van der Waals surface area contributed by atoms with Crippen molar-refractivity contribution < 1.29 is 47.1 Å². The number of hydrogen-bond donors (Lipinski definition) is 0. The number of esters is 2. The summed E-state index contributed by atoms with van der Waals surface area (Å²) in [7, 11) is 5.81. The molecule has 2 aromatic rings. The van der Waals surface area contributed by atoms with Crippen LogP contribution in [0.2, 0.25) is 0 Å². The molecule has 9 nitrogen and oxygen atoms in total. The van der Waals surface area contributed by atoms with Crippen molar-refractivity contribution in [3.05, 3.63) is 77.1 Å². The lowest BCUT2D eigenvalue weighted by atomic mass is 10.00. The quantitative estimate of drug-likeness (QED) is 0.322. The molecule has 2 aromatic carbocycles. The number of carbonyl (C=O) groups excluding carboxylic acids is 2. The lowest BCUT2D eigenvalue weighted by molar-refractivity contribution is -0.0936. The van der Waals surface area contributed by atoms with Gasteiger partial charge in [-0.05, 0) is 43.2 Å². The molecule has 1 heterocycles. The lowest BCUT2D eigenvalue weighted by Gasteiger charge is -2.30. The minimum atomic E-state index is -1.41. The molecule has 0 aromatic heterocycles. The van der Waals surface area contributed by atoms with Crippen LogP contribution in [0.3, 0.4) is 0 Å². The third kappa shape index (κ3) is 7.91. The van der Waals surface area contributed by atoms with Crippen LogP contribution < -0.4 is 9.47 Å². The summed E-state index contributed by atoms with van der Waals surface area (Å²) in [5.41, 5.74) is 0.893. The summed E-state index contributed by atoms with van der Waals surface area (Å²) in [5, 5.41) is 0. The molecule has 0 fully saturated rings. The molecule has 0 spiro atoms. The van der Waals surface area contributed by atoms with E-state index in [9.17, 15) is 9.59 Å². The maximum Gasteiger partial charge on any atom is 0.342 e. The summed E-state index contributed by atoms with van der Waals surface area (Å²) in [6.07, 6.45) is 0.994. The van der Waals surface area contributed by atoms with Crippen LogP contribution in [0.15, 0.2) is 60.4 Å². The highest BCUT2D eigenvalue weighted by molar-refractivity contribution is 5.97. The van der Waals surface area contributed by atoms with E-state index in [1.165, 1.54) is 34.5 Å². The minimum Gasteiger partial charge on any atom is -0.497 e. The number of ether oxygens (including phenoxy) is 7. The van der Waals surface area contributed by atoms with E-state index in [0.29, 0.717) is 11.3 Å².